The van der Waals surface area contributed by atoms with Crippen molar-refractivity contribution < 1.29 is 9.59 Å². The van der Waals surface area contributed by atoms with Crippen LogP contribution in [-0.4, -0.2) is 32.2 Å². The molecule has 1 aromatic heterocycles. The molecule has 0 fully saturated rings. The van der Waals surface area contributed by atoms with Crippen LogP contribution in [0.25, 0.3) is 0 Å². The molecule has 0 aliphatic heterocycles. The van der Waals surface area contributed by atoms with Gasteiger partial charge in [-0.2, -0.15) is 9.36 Å². The average Bonchev–Trinajstić information content (AvgIpc) is 2.96. The van der Waals surface area contributed by atoms with Crippen molar-refractivity contribution >= 4 is 57.7 Å². The zero-order chi connectivity index (χ0) is 17.5. The van der Waals surface area contributed by atoms with Crippen LogP contribution in [0.3, 0.4) is 0 Å². The molecule has 6 nitrogen and oxygen atoms in total. The van der Waals surface area contributed by atoms with E-state index in [2.05, 4.69) is 20.0 Å². The van der Waals surface area contributed by atoms with E-state index in [1.165, 1.54) is 30.2 Å². The Hall–Kier alpha value is -1.58. The number of anilines is 2. The summed E-state index contributed by atoms with van der Waals surface area (Å²) in [6, 6.07) is 7.38. The second kappa shape index (κ2) is 9.05. The highest BCUT2D eigenvalue weighted by atomic mass is 32.2. The molecule has 0 aliphatic rings. The maximum absolute atomic E-state index is 12.2. The molecule has 0 saturated heterocycles. The summed E-state index contributed by atoms with van der Waals surface area (Å²) in [4.78, 5) is 28.4. The van der Waals surface area contributed by atoms with Gasteiger partial charge in [-0.3, -0.25) is 14.9 Å². The second-order valence-corrected chi connectivity index (χ2v) is 8.17. The third kappa shape index (κ3) is 5.81. The van der Waals surface area contributed by atoms with Gasteiger partial charge in [0.15, 0.2) is 0 Å². The van der Waals surface area contributed by atoms with E-state index in [9.17, 15) is 9.59 Å². The van der Waals surface area contributed by atoms with Gasteiger partial charge in [-0.15, -0.1) is 11.8 Å². The van der Waals surface area contributed by atoms with Crippen molar-refractivity contribution in [1.82, 2.24) is 9.36 Å². The van der Waals surface area contributed by atoms with E-state index in [1.807, 2.05) is 38.1 Å². The van der Waals surface area contributed by atoms with Gasteiger partial charge in [-0.1, -0.05) is 18.7 Å². The Labute approximate surface area is 153 Å². The monoisotopic (exact) mass is 382 g/mol. The number of aromatic nitrogens is 2. The fraction of sp³-hybridized carbons (Fsp3) is 0.333. The van der Waals surface area contributed by atoms with E-state index in [0.29, 0.717) is 10.3 Å². The third-order valence-corrected chi connectivity index (χ3v) is 5.36. The van der Waals surface area contributed by atoms with Gasteiger partial charge < -0.3 is 5.32 Å². The number of rotatable bonds is 7. The minimum Gasteiger partial charge on any atom is -0.326 e. The number of nitrogens with one attached hydrogen (secondary N) is 2. The first-order chi connectivity index (χ1) is 11.5. The molecule has 128 valence electrons. The summed E-state index contributed by atoms with van der Waals surface area (Å²) in [7, 11) is 0. The molecule has 1 aromatic carbocycles. The van der Waals surface area contributed by atoms with E-state index < -0.39 is 0 Å². The van der Waals surface area contributed by atoms with Crippen LogP contribution in [-0.2, 0) is 9.59 Å². The number of hydrogen-bond acceptors (Lipinski definition) is 7. The number of amides is 2. The molecule has 2 aromatic rings. The maximum atomic E-state index is 12.2. The van der Waals surface area contributed by atoms with E-state index in [0.717, 1.165) is 16.3 Å². The second-order valence-electron chi connectivity index (χ2n) is 4.77. The first kappa shape index (κ1) is 18.8. The summed E-state index contributed by atoms with van der Waals surface area (Å²) in [5.41, 5.74) is 0.735. The minimum atomic E-state index is -0.275. The Morgan fingerprint density at radius 1 is 1.25 bits per heavy atom. The molecular formula is C15H18N4O2S3. The molecule has 1 unspecified atom stereocenters. The summed E-state index contributed by atoms with van der Waals surface area (Å²) in [6.45, 7) is 5.33. The lowest BCUT2D eigenvalue weighted by Gasteiger charge is -2.10. The predicted molar refractivity (Wildman–Crippen MR) is 101 cm³/mol. The summed E-state index contributed by atoms with van der Waals surface area (Å²) in [5.74, 6) is 0.668. The van der Waals surface area contributed by atoms with E-state index in [4.69, 9.17) is 0 Å². The van der Waals surface area contributed by atoms with Crippen LogP contribution in [0.2, 0.25) is 0 Å². The molecule has 9 heteroatoms. The first-order valence-corrected chi connectivity index (χ1v) is 9.93. The predicted octanol–water partition coefficient (Wildman–Crippen LogP) is 3.73. The summed E-state index contributed by atoms with van der Waals surface area (Å²) in [5, 5.41) is 6.43. The normalized spacial score (nSPS) is 11.8. The van der Waals surface area contributed by atoms with Crippen LogP contribution in [0.5, 0.6) is 0 Å². The van der Waals surface area contributed by atoms with Gasteiger partial charge in [0.1, 0.15) is 0 Å². The Bertz CT molecular complexity index is 703. The fourth-order valence-corrected chi connectivity index (χ4v) is 3.87. The molecule has 1 atom stereocenters. The number of carbonyl (C=O) groups excluding carboxylic acids is 2. The van der Waals surface area contributed by atoms with Crippen molar-refractivity contribution in [3.63, 3.8) is 0 Å². The molecule has 0 bridgehead atoms. The Balaban J connectivity index is 1.89. The van der Waals surface area contributed by atoms with Crippen molar-refractivity contribution in [3.05, 3.63) is 24.3 Å². The topological polar surface area (TPSA) is 84.0 Å². The van der Waals surface area contributed by atoms with Gasteiger partial charge in [0.25, 0.3) is 0 Å². The van der Waals surface area contributed by atoms with Crippen molar-refractivity contribution in [2.45, 2.75) is 36.1 Å². The van der Waals surface area contributed by atoms with Gasteiger partial charge in [0, 0.05) is 29.0 Å². The quantitative estimate of drug-likeness (QED) is 0.710. The van der Waals surface area contributed by atoms with Crippen molar-refractivity contribution in [2.75, 3.05) is 16.4 Å². The van der Waals surface area contributed by atoms with Crippen molar-refractivity contribution in [2.24, 2.45) is 0 Å². The van der Waals surface area contributed by atoms with E-state index in [1.54, 1.807) is 11.8 Å². The zero-order valence-corrected chi connectivity index (χ0v) is 16.0. The highest BCUT2D eigenvalue weighted by Crippen LogP contribution is 2.26. The maximum Gasteiger partial charge on any atom is 0.239 e. The molecular weight excluding hydrogens is 364 g/mol. The van der Waals surface area contributed by atoms with Crippen LogP contribution in [0.15, 0.2) is 34.3 Å². The molecule has 2 N–H and O–H groups in total. The number of benzene rings is 1. The lowest BCUT2D eigenvalue weighted by Crippen LogP contribution is -2.22. The van der Waals surface area contributed by atoms with Crippen LogP contribution in [0, 0.1) is 0 Å². The standard InChI is InChI=1S/C15H18N4O2S3/c1-4-22-15-18-14(24-19-15)17-13(21)9(2)23-12-7-5-11(6-8-12)16-10(3)20/h5-9H,4H2,1-3H3,(H,16,20)(H,17,18,19,21). The molecule has 2 amide bonds. The lowest BCUT2D eigenvalue weighted by molar-refractivity contribution is -0.115. The van der Waals surface area contributed by atoms with Gasteiger partial charge >= 0.3 is 0 Å². The summed E-state index contributed by atoms with van der Waals surface area (Å²) < 4.78 is 4.17. The van der Waals surface area contributed by atoms with Crippen molar-refractivity contribution in [1.29, 1.82) is 0 Å². The molecule has 2 rings (SSSR count). The van der Waals surface area contributed by atoms with Gasteiger partial charge in [0.05, 0.1) is 5.25 Å². The third-order valence-electron chi connectivity index (χ3n) is 2.77. The minimum absolute atomic E-state index is 0.110. The Morgan fingerprint density at radius 2 is 1.96 bits per heavy atom. The Morgan fingerprint density at radius 3 is 2.58 bits per heavy atom. The highest BCUT2D eigenvalue weighted by molar-refractivity contribution is 8.00. The Kier molecular flexibility index (Phi) is 7.07. The molecule has 1 heterocycles. The largest absolute Gasteiger partial charge is 0.326 e. The average molecular weight is 383 g/mol. The van der Waals surface area contributed by atoms with Gasteiger partial charge in [-0.25, -0.2) is 0 Å². The molecule has 0 radical (unpaired) electrons. The van der Waals surface area contributed by atoms with Crippen LogP contribution < -0.4 is 10.6 Å². The highest BCUT2D eigenvalue weighted by Gasteiger charge is 2.16. The van der Waals surface area contributed by atoms with E-state index >= 15 is 0 Å². The molecule has 24 heavy (non-hydrogen) atoms. The lowest BCUT2D eigenvalue weighted by atomic mass is 10.3. The summed E-state index contributed by atoms with van der Waals surface area (Å²) >= 11 is 4.17. The number of nitrogens with zero attached hydrogens (tertiary/aromatic N) is 2. The molecule has 0 spiro atoms. The molecule has 0 saturated carbocycles. The first-order valence-electron chi connectivity index (χ1n) is 7.29. The molecule has 0 aliphatic carbocycles. The van der Waals surface area contributed by atoms with E-state index in [-0.39, 0.29) is 17.1 Å². The van der Waals surface area contributed by atoms with Crippen LogP contribution >= 0.6 is 35.1 Å². The number of carbonyl (C=O) groups is 2. The summed E-state index contributed by atoms with van der Waals surface area (Å²) in [6.07, 6.45) is 0. The van der Waals surface area contributed by atoms with Crippen LogP contribution in [0.4, 0.5) is 10.8 Å². The number of thioether (sulfide) groups is 2. The fourth-order valence-electron chi connectivity index (χ4n) is 1.73. The van der Waals surface area contributed by atoms with Gasteiger partial charge in [-0.05, 0) is 36.9 Å². The SMILES string of the molecule is CCSc1nsc(NC(=O)C(C)Sc2ccc(NC(C)=O)cc2)n1. The zero-order valence-electron chi connectivity index (χ0n) is 13.5. The number of hydrogen-bond donors (Lipinski definition) is 2. The van der Waals surface area contributed by atoms with Gasteiger partial charge in [0.2, 0.25) is 22.1 Å². The van der Waals surface area contributed by atoms with Crippen LogP contribution in [0.1, 0.15) is 20.8 Å². The smallest absolute Gasteiger partial charge is 0.239 e. The van der Waals surface area contributed by atoms with Crippen molar-refractivity contribution in [3.8, 4) is 0 Å².